The maximum absolute atomic E-state index is 6.29. The molecule has 2 N–H and O–H groups in total. The molecule has 0 radical (unpaired) electrons. The van der Waals surface area contributed by atoms with Crippen LogP contribution in [-0.2, 0) is 0 Å². The Balaban J connectivity index is 2.33. The number of nitrogens with one attached hydrogen (secondary N) is 2. The predicted molar refractivity (Wildman–Crippen MR) is 77.7 cm³/mol. The Hall–Kier alpha value is -1.64. The molecule has 4 heteroatoms. The van der Waals surface area contributed by atoms with Crippen molar-refractivity contribution in [2.24, 2.45) is 0 Å². The first kappa shape index (κ1) is 10.3. The van der Waals surface area contributed by atoms with Crippen LogP contribution in [0.15, 0.2) is 36.5 Å². The van der Waals surface area contributed by atoms with Crippen molar-refractivity contribution in [3.05, 3.63) is 46.6 Å². The van der Waals surface area contributed by atoms with Crippen molar-refractivity contribution in [3.63, 3.8) is 0 Å². The fourth-order valence-electron chi connectivity index (χ4n) is 2.55. The van der Waals surface area contributed by atoms with Gasteiger partial charge in [-0.25, -0.2) is 0 Å². The van der Waals surface area contributed by atoms with E-state index in [0.717, 1.165) is 27.3 Å². The number of halogens is 2. The minimum absolute atomic E-state index is 0.641. The Bertz CT molecular complexity index is 902. The molecule has 0 aliphatic carbocycles. The number of rotatable bonds is 0. The quantitative estimate of drug-likeness (QED) is 0.447. The lowest BCUT2D eigenvalue weighted by Gasteiger charge is -1.96. The van der Waals surface area contributed by atoms with Gasteiger partial charge >= 0.3 is 0 Å². The lowest BCUT2D eigenvalue weighted by atomic mass is 10.1. The summed E-state index contributed by atoms with van der Waals surface area (Å²) in [6.07, 6.45) is 1.93. The zero-order valence-electron chi connectivity index (χ0n) is 9.22. The first-order chi connectivity index (χ1) is 8.74. The number of hydrogen-bond donors (Lipinski definition) is 2. The van der Waals surface area contributed by atoms with Gasteiger partial charge in [-0.2, -0.15) is 0 Å². The van der Waals surface area contributed by atoms with Gasteiger partial charge in [0.25, 0.3) is 0 Å². The van der Waals surface area contributed by atoms with Gasteiger partial charge in [0.15, 0.2) is 0 Å². The van der Waals surface area contributed by atoms with E-state index in [2.05, 4.69) is 28.2 Å². The summed E-state index contributed by atoms with van der Waals surface area (Å²) in [5.41, 5.74) is 3.12. The van der Waals surface area contributed by atoms with E-state index in [1.54, 1.807) is 6.07 Å². The molecular weight excluding hydrogens is 267 g/mol. The predicted octanol–water partition coefficient (Wildman–Crippen LogP) is 5.11. The van der Waals surface area contributed by atoms with Crippen LogP contribution in [0.2, 0.25) is 10.0 Å². The molecule has 2 nitrogen and oxygen atoms in total. The summed E-state index contributed by atoms with van der Waals surface area (Å²) >= 11 is 12.3. The average Bonchev–Trinajstić information content (AvgIpc) is 2.89. The molecule has 2 heterocycles. The number of aromatic amines is 2. The number of aromatic nitrogens is 2. The molecule has 0 aliphatic rings. The fraction of sp³-hybridized carbons (Fsp3) is 0. The summed E-state index contributed by atoms with van der Waals surface area (Å²) in [6, 6.07) is 9.90. The second-order valence-corrected chi connectivity index (χ2v) is 5.21. The summed E-state index contributed by atoms with van der Waals surface area (Å²) < 4.78 is 0. The first-order valence-electron chi connectivity index (χ1n) is 5.60. The zero-order chi connectivity index (χ0) is 12.3. The maximum atomic E-state index is 6.29. The zero-order valence-corrected chi connectivity index (χ0v) is 10.7. The monoisotopic (exact) mass is 274 g/mol. The van der Waals surface area contributed by atoms with Crippen molar-refractivity contribution in [2.45, 2.75) is 0 Å². The largest absolute Gasteiger partial charge is 0.359 e. The molecule has 0 amide bonds. The van der Waals surface area contributed by atoms with Crippen molar-refractivity contribution >= 4 is 55.9 Å². The molecule has 2 aromatic heterocycles. The second kappa shape index (κ2) is 3.44. The third-order valence-corrected chi connectivity index (χ3v) is 3.83. The third-order valence-electron chi connectivity index (χ3n) is 3.31. The molecule has 18 heavy (non-hydrogen) atoms. The van der Waals surface area contributed by atoms with Crippen molar-refractivity contribution in [3.8, 4) is 0 Å². The minimum Gasteiger partial charge on any atom is -0.359 e. The smallest absolute Gasteiger partial charge is 0.0710 e. The van der Waals surface area contributed by atoms with Gasteiger partial charge in [0, 0.05) is 32.9 Å². The molecule has 4 rings (SSSR count). The van der Waals surface area contributed by atoms with E-state index >= 15 is 0 Å². The lowest BCUT2D eigenvalue weighted by Crippen LogP contribution is -1.72. The molecule has 0 saturated heterocycles. The van der Waals surface area contributed by atoms with Crippen LogP contribution in [0.1, 0.15) is 0 Å². The summed E-state index contributed by atoms with van der Waals surface area (Å²) in [6.45, 7) is 0. The van der Waals surface area contributed by atoms with Gasteiger partial charge < -0.3 is 9.97 Å². The topological polar surface area (TPSA) is 31.6 Å². The Morgan fingerprint density at radius 3 is 2.72 bits per heavy atom. The van der Waals surface area contributed by atoms with E-state index in [1.807, 2.05) is 12.3 Å². The number of benzene rings is 2. The molecule has 0 unspecified atom stereocenters. The molecule has 0 saturated carbocycles. The van der Waals surface area contributed by atoms with Crippen molar-refractivity contribution in [2.75, 3.05) is 0 Å². The fourth-order valence-corrected chi connectivity index (χ4v) is 3.14. The second-order valence-electron chi connectivity index (χ2n) is 4.37. The van der Waals surface area contributed by atoms with Crippen molar-refractivity contribution in [1.82, 2.24) is 9.97 Å². The van der Waals surface area contributed by atoms with Gasteiger partial charge in [0.05, 0.1) is 16.1 Å². The van der Waals surface area contributed by atoms with Crippen LogP contribution in [0.5, 0.6) is 0 Å². The van der Waals surface area contributed by atoms with Gasteiger partial charge in [0.2, 0.25) is 0 Å². The third kappa shape index (κ3) is 1.25. The van der Waals surface area contributed by atoms with E-state index in [9.17, 15) is 0 Å². The highest BCUT2D eigenvalue weighted by atomic mass is 35.5. The van der Waals surface area contributed by atoms with E-state index in [4.69, 9.17) is 23.2 Å². The SMILES string of the molecule is Clc1cc(Cl)c2c(c1)[nH]c1c2ccc2cc[nH]c21. The van der Waals surface area contributed by atoms with E-state index < -0.39 is 0 Å². The minimum atomic E-state index is 0.641. The lowest BCUT2D eigenvalue weighted by molar-refractivity contribution is 1.47. The van der Waals surface area contributed by atoms with E-state index in [1.165, 1.54) is 5.39 Å². The highest BCUT2D eigenvalue weighted by Crippen LogP contribution is 2.36. The average molecular weight is 275 g/mol. The van der Waals surface area contributed by atoms with Crippen molar-refractivity contribution in [1.29, 1.82) is 0 Å². The molecule has 0 atom stereocenters. The van der Waals surface area contributed by atoms with Crippen LogP contribution in [0, 0.1) is 0 Å². The molecular formula is C14H8Cl2N2. The molecule has 0 spiro atoms. The Morgan fingerprint density at radius 1 is 0.944 bits per heavy atom. The number of hydrogen-bond acceptors (Lipinski definition) is 0. The van der Waals surface area contributed by atoms with E-state index in [0.29, 0.717) is 10.0 Å². The summed E-state index contributed by atoms with van der Waals surface area (Å²) in [5, 5.41) is 4.63. The van der Waals surface area contributed by atoms with Gasteiger partial charge in [-0.15, -0.1) is 0 Å². The number of H-pyrrole nitrogens is 2. The van der Waals surface area contributed by atoms with Gasteiger partial charge in [-0.3, -0.25) is 0 Å². The standard InChI is InChI=1S/C14H8Cl2N2/c15-8-5-10(16)12-9-2-1-7-3-4-17-13(7)14(9)18-11(12)6-8/h1-6,17-18H. The number of fused-ring (bicyclic) bond motifs is 5. The molecule has 88 valence electrons. The van der Waals surface area contributed by atoms with Gasteiger partial charge in [-0.05, 0) is 18.2 Å². The van der Waals surface area contributed by atoms with Crippen LogP contribution < -0.4 is 0 Å². The first-order valence-corrected chi connectivity index (χ1v) is 6.36. The highest BCUT2D eigenvalue weighted by Gasteiger charge is 2.11. The van der Waals surface area contributed by atoms with Crippen LogP contribution in [0.3, 0.4) is 0 Å². The van der Waals surface area contributed by atoms with Crippen molar-refractivity contribution < 1.29 is 0 Å². The normalized spacial score (nSPS) is 11.9. The van der Waals surface area contributed by atoms with Crippen LogP contribution in [0.4, 0.5) is 0 Å². The van der Waals surface area contributed by atoms with E-state index in [-0.39, 0.29) is 0 Å². The molecule has 4 aromatic rings. The Labute approximate surface area is 113 Å². The van der Waals surface area contributed by atoms with Gasteiger partial charge in [-0.1, -0.05) is 35.3 Å². The Morgan fingerprint density at radius 2 is 1.83 bits per heavy atom. The summed E-state index contributed by atoms with van der Waals surface area (Å²) in [7, 11) is 0. The molecule has 2 aromatic carbocycles. The summed E-state index contributed by atoms with van der Waals surface area (Å²) in [4.78, 5) is 6.64. The molecule has 0 bridgehead atoms. The highest BCUT2D eigenvalue weighted by molar-refractivity contribution is 6.41. The van der Waals surface area contributed by atoms with Crippen LogP contribution in [0.25, 0.3) is 32.7 Å². The molecule has 0 aliphatic heterocycles. The summed E-state index contributed by atoms with van der Waals surface area (Å²) in [5.74, 6) is 0. The van der Waals surface area contributed by atoms with Gasteiger partial charge in [0.1, 0.15) is 0 Å². The molecule has 0 fully saturated rings. The van der Waals surface area contributed by atoms with Crippen LogP contribution in [-0.4, -0.2) is 9.97 Å². The Kier molecular flexibility index (Phi) is 1.97. The maximum Gasteiger partial charge on any atom is 0.0710 e. The van der Waals surface area contributed by atoms with Crippen LogP contribution >= 0.6 is 23.2 Å².